The van der Waals surface area contributed by atoms with E-state index in [2.05, 4.69) is 18.7 Å². The summed E-state index contributed by atoms with van der Waals surface area (Å²) in [5.41, 5.74) is 0. The van der Waals surface area contributed by atoms with Gasteiger partial charge >= 0.3 is 5.97 Å². The summed E-state index contributed by atoms with van der Waals surface area (Å²) in [6.07, 6.45) is 8.28. The molecule has 1 saturated carbocycles. The molecule has 0 spiro atoms. The fourth-order valence-corrected chi connectivity index (χ4v) is 4.08. The molecule has 104 valence electrons. The van der Waals surface area contributed by atoms with Crippen LogP contribution in [0.25, 0.3) is 0 Å². The first-order valence-corrected chi connectivity index (χ1v) is 7.67. The summed E-state index contributed by atoms with van der Waals surface area (Å²) in [6.45, 7) is 5.44. The molecule has 18 heavy (non-hydrogen) atoms. The number of likely N-dealkylation sites (tertiary alicyclic amines) is 1. The van der Waals surface area contributed by atoms with Crippen molar-refractivity contribution in [3.05, 3.63) is 0 Å². The molecule has 0 aromatic carbocycles. The fourth-order valence-electron chi connectivity index (χ4n) is 4.08. The van der Waals surface area contributed by atoms with Gasteiger partial charge in [-0.05, 0) is 37.5 Å². The molecule has 0 aromatic heterocycles. The maximum absolute atomic E-state index is 11.6. The van der Waals surface area contributed by atoms with E-state index in [4.69, 9.17) is 0 Å². The lowest BCUT2D eigenvalue weighted by Gasteiger charge is -2.32. The molecule has 0 bridgehead atoms. The molecule has 0 radical (unpaired) electrons. The summed E-state index contributed by atoms with van der Waals surface area (Å²) in [5, 5.41) is 9.56. The highest BCUT2D eigenvalue weighted by Gasteiger charge is 2.49. The maximum Gasteiger partial charge on any atom is 0.321 e. The Morgan fingerprint density at radius 2 is 2.17 bits per heavy atom. The van der Waals surface area contributed by atoms with E-state index in [9.17, 15) is 9.90 Å². The van der Waals surface area contributed by atoms with Gasteiger partial charge in [-0.25, -0.2) is 0 Å². The average molecular weight is 253 g/mol. The Bertz CT molecular complexity index is 292. The second-order valence-electron chi connectivity index (χ2n) is 6.04. The Labute approximate surface area is 111 Å². The van der Waals surface area contributed by atoms with E-state index >= 15 is 0 Å². The molecule has 1 N–H and O–H groups in total. The van der Waals surface area contributed by atoms with Crippen LogP contribution in [0.3, 0.4) is 0 Å². The molecule has 4 unspecified atom stereocenters. The molecule has 0 amide bonds. The normalized spacial score (nSPS) is 33.6. The van der Waals surface area contributed by atoms with E-state index in [1.807, 2.05) is 0 Å². The lowest BCUT2D eigenvalue weighted by atomic mass is 9.94. The van der Waals surface area contributed by atoms with Crippen molar-refractivity contribution in [1.29, 1.82) is 0 Å². The summed E-state index contributed by atoms with van der Waals surface area (Å²) in [6, 6.07) is 0.288. The maximum atomic E-state index is 11.6. The van der Waals surface area contributed by atoms with E-state index < -0.39 is 5.97 Å². The molecule has 1 heterocycles. The number of rotatable bonds is 6. The van der Waals surface area contributed by atoms with Gasteiger partial charge in [-0.3, -0.25) is 9.69 Å². The number of carboxylic acid groups (broad SMARTS) is 1. The SMILES string of the molecule is CCCCC(CC)N1CC2CCCC2C1C(=O)O. The van der Waals surface area contributed by atoms with Crippen LogP contribution in [-0.4, -0.2) is 34.6 Å². The van der Waals surface area contributed by atoms with Crippen LogP contribution in [0, 0.1) is 11.8 Å². The van der Waals surface area contributed by atoms with Crippen molar-refractivity contribution in [3.8, 4) is 0 Å². The third kappa shape index (κ3) is 2.56. The van der Waals surface area contributed by atoms with Crippen LogP contribution in [0.4, 0.5) is 0 Å². The number of aliphatic carboxylic acids is 1. The highest BCUT2D eigenvalue weighted by Crippen LogP contribution is 2.43. The van der Waals surface area contributed by atoms with Crippen molar-refractivity contribution in [3.63, 3.8) is 0 Å². The van der Waals surface area contributed by atoms with E-state index in [1.54, 1.807) is 0 Å². The topological polar surface area (TPSA) is 40.5 Å². The number of hydrogen-bond acceptors (Lipinski definition) is 2. The number of fused-ring (bicyclic) bond motifs is 1. The van der Waals surface area contributed by atoms with Crippen molar-refractivity contribution < 1.29 is 9.90 Å². The summed E-state index contributed by atoms with van der Waals surface area (Å²) in [5.74, 6) is 0.499. The van der Waals surface area contributed by atoms with Gasteiger partial charge in [0.2, 0.25) is 0 Å². The second kappa shape index (κ2) is 6.05. The zero-order valence-corrected chi connectivity index (χ0v) is 11.8. The largest absolute Gasteiger partial charge is 0.480 e. The Hall–Kier alpha value is -0.570. The Morgan fingerprint density at radius 3 is 2.78 bits per heavy atom. The van der Waals surface area contributed by atoms with Crippen molar-refractivity contribution in [1.82, 2.24) is 4.90 Å². The molecule has 2 rings (SSSR count). The fraction of sp³-hybridized carbons (Fsp3) is 0.933. The van der Waals surface area contributed by atoms with Crippen molar-refractivity contribution in [2.75, 3.05) is 6.54 Å². The van der Waals surface area contributed by atoms with Crippen LogP contribution in [0.5, 0.6) is 0 Å². The zero-order chi connectivity index (χ0) is 13.1. The molecule has 3 heteroatoms. The van der Waals surface area contributed by atoms with Gasteiger partial charge in [-0.15, -0.1) is 0 Å². The van der Waals surface area contributed by atoms with Gasteiger partial charge in [0.25, 0.3) is 0 Å². The van der Waals surface area contributed by atoms with Gasteiger partial charge in [0, 0.05) is 12.6 Å². The van der Waals surface area contributed by atoms with E-state index in [1.165, 1.54) is 25.7 Å². The Balaban J connectivity index is 2.07. The third-order valence-corrected chi connectivity index (χ3v) is 5.01. The first kappa shape index (κ1) is 13.9. The van der Waals surface area contributed by atoms with Gasteiger partial charge in [0.05, 0.1) is 0 Å². The van der Waals surface area contributed by atoms with Crippen LogP contribution in [0.2, 0.25) is 0 Å². The first-order valence-electron chi connectivity index (χ1n) is 7.67. The molecule has 2 aliphatic rings. The summed E-state index contributed by atoms with van der Waals surface area (Å²) in [7, 11) is 0. The van der Waals surface area contributed by atoms with Gasteiger partial charge in [-0.1, -0.05) is 33.1 Å². The summed E-state index contributed by atoms with van der Waals surface area (Å²) >= 11 is 0. The van der Waals surface area contributed by atoms with E-state index in [0.29, 0.717) is 17.9 Å². The lowest BCUT2D eigenvalue weighted by Crippen LogP contribution is -2.45. The van der Waals surface area contributed by atoms with Crippen molar-refractivity contribution in [2.45, 2.75) is 70.9 Å². The quantitative estimate of drug-likeness (QED) is 0.790. The molecule has 4 atom stereocenters. The van der Waals surface area contributed by atoms with Crippen LogP contribution < -0.4 is 0 Å². The minimum atomic E-state index is -0.584. The zero-order valence-electron chi connectivity index (χ0n) is 11.8. The Kier molecular flexibility index (Phi) is 4.66. The number of carboxylic acids is 1. The minimum Gasteiger partial charge on any atom is -0.480 e. The first-order chi connectivity index (χ1) is 8.69. The standard InChI is InChI=1S/C15H27NO2/c1-3-5-8-12(4-2)16-10-11-7-6-9-13(11)14(16)15(17)18/h11-14H,3-10H2,1-2H3,(H,17,18). The minimum absolute atomic E-state index is 0.195. The third-order valence-electron chi connectivity index (χ3n) is 5.01. The molecule has 1 saturated heterocycles. The predicted octanol–water partition coefficient (Wildman–Crippen LogP) is 3.14. The van der Waals surface area contributed by atoms with E-state index in [-0.39, 0.29) is 6.04 Å². The molecule has 2 fully saturated rings. The van der Waals surface area contributed by atoms with Crippen LogP contribution in [0.15, 0.2) is 0 Å². The van der Waals surface area contributed by atoms with Gasteiger partial charge < -0.3 is 5.11 Å². The van der Waals surface area contributed by atoms with Crippen LogP contribution >= 0.6 is 0 Å². The molecule has 0 aromatic rings. The number of unbranched alkanes of at least 4 members (excludes halogenated alkanes) is 1. The molecular formula is C15H27NO2. The average Bonchev–Trinajstić information content (AvgIpc) is 2.89. The van der Waals surface area contributed by atoms with Gasteiger partial charge in [0.1, 0.15) is 6.04 Å². The van der Waals surface area contributed by atoms with E-state index in [0.717, 1.165) is 25.8 Å². The van der Waals surface area contributed by atoms with Gasteiger partial charge in [0.15, 0.2) is 0 Å². The van der Waals surface area contributed by atoms with Crippen LogP contribution in [-0.2, 0) is 4.79 Å². The summed E-state index contributed by atoms with van der Waals surface area (Å²) in [4.78, 5) is 13.9. The second-order valence-corrected chi connectivity index (χ2v) is 6.04. The lowest BCUT2D eigenvalue weighted by molar-refractivity contribution is -0.144. The highest BCUT2D eigenvalue weighted by molar-refractivity contribution is 5.74. The molecule has 3 nitrogen and oxygen atoms in total. The van der Waals surface area contributed by atoms with Crippen molar-refractivity contribution in [2.24, 2.45) is 11.8 Å². The predicted molar refractivity (Wildman–Crippen MR) is 72.6 cm³/mol. The smallest absolute Gasteiger partial charge is 0.321 e. The number of nitrogens with zero attached hydrogens (tertiary/aromatic N) is 1. The Morgan fingerprint density at radius 1 is 1.39 bits per heavy atom. The summed E-state index contributed by atoms with van der Waals surface area (Å²) < 4.78 is 0. The monoisotopic (exact) mass is 253 g/mol. The molecule has 1 aliphatic heterocycles. The highest BCUT2D eigenvalue weighted by atomic mass is 16.4. The van der Waals surface area contributed by atoms with Crippen molar-refractivity contribution >= 4 is 5.97 Å². The molecular weight excluding hydrogens is 226 g/mol. The number of hydrogen-bond donors (Lipinski definition) is 1. The number of carbonyl (C=O) groups is 1. The molecule has 1 aliphatic carbocycles. The van der Waals surface area contributed by atoms with Crippen LogP contribution in [0.1, 0.15) is 58.8 Å². The van der Waals surface area contributed by atoms with Gasteiger partial charge in [-0.2, -0.15) is 0 Å².